The third-order valence-electron chi connectivity index (χ3n) is 8.19. The van der Waals surface area contributed by atoms with Crippen LogP contribution in [0.2, 0.25) is 19.6 Å². The molecule has 0 saturated heterocycles. The molecule has 0 aliphatic heterocycles. The average molecular weight is 847 g/mol. The molecule has 0 fully saturated rings. The number of hydrogen-bond donors (Lipinski definition) is 0. The number of aromatic nitrogens is 2. The number of thiophene rings is 1. The molecule has 0 atom stereocenters. The quantitative estimate of drug-likeness (QED) is 0.127. The van der Waals surface area contributed by atoms with Crippen LogP contribution in [-0.4, -0.2) is 18.0 Å². The minimum atomic E-state index is -2.38. The first-order valence-electron chi connectivity index (χ1n) is 17.6. The normalized spacial score (nSPS) is 13.1. The van der Waals surface area contributed by atoms with Gasteiger partial charge in [0.1, 0.15) is 0 Å². The number of fused-ring (bicyclic) bond motifs is 3. The molecule has 0 amide bonds. The van der Waals surface area contributed by atoms with Crippen molar-refractivity contribution in [3.05, 3.63) is 138 Å². The van der Waals surface area contributed by atoms with Crippen LogP contribution in [0.1, 0.15) is 41.9 Å². The Balaban J connectivity index is 0.000000198. The van der Waals surface area contributed by atoms with Gasteiger partial charge in [-0.05, 0) is 56.7 Å². The van der Waals surface area contributed by atoms with Crippen molar-refractivity contribution in [2.45, 2.75) is 53.2 Å². The van der Waals surface area contributed by atoms with Crippen LogP contribution in [0.15, 0.2) is 103 Å². The molecule has 1 radical (unpaired) electrons. The Kier molecular flexibility index (Phi) is 9.31. The first kappa shape index (κ1) is 30.3. The van der Waals surface area contributed by atoms with E-state index in [2.05, 4.69) is 104 Å². The van der Waals surface area contributed by atoms with Gasteiger partial charge in [-0.3, -0.25) is 4.39 Å². The zero-order valence-corrected chi connectivity index (χ0v) is 32.0. The number of pyridine rings is 2. The van der Waals surface area contributed by atoms with Gasteiger partial charge >= 0.3 is 0 Å². The van der Waals surface area contributed by atoms with Gasteiger partial charge in [0.25, 0.3) is 0 Å². The molecule has 245 valence electrons. The molecule has 0 aliphatic rings. The minimum absolute atomic E-state index is 0. The first-order chi connectivity index (χ1) is 24.0. The molecule has 3 heterocycles. The summed E-state index contributed by atoms with van der Waals surface area (Å²) in [6.45, 7) is 9.91. The summed E-state index contributed by atoms with van der Waals surface area (Å²) in [6, 6.07) is 35.5. The second-order valence-electron chi connectivity index (χ2n) is 12.9. The summed E-state index contributed by atoms with van der Waals surface area (Å²) in [6.07, 6.45) is 3.72. The Morgan fingerprint density at radius 1 is 0.854 bits per heavy atom. The summed E-state index contributed by atoms with van der Waals surface area (Å²) in [5.74, 6) is -1.52. The Labute approximate surface area is 308 Å². The summed E-state index contributed by atoms with van der Waals surface area (Å²) >= 11 is 1.82. The molecule has 3 aromatic heterocycles. The second-order valence-corrected chi connectivity index (χ2v) is 19.0. The summed E-state index contributed by atoms with van der Waals surface area (Å²) < 4.78 is 47.6. The fourth-order valence-electron chi connectivity index (χ4n) is 5.76. The molecule has 0 aliphatic carbocycles. The van der Waals surface area contributed by atoms with E-state index < -0.39 is 26.6 Å². The second kappa shape index (κ2) is 14.8. The maximum absolute atomic E-state index is 14.5. The Bertz CT molecular complexity index is 2360. The smallest absolute Gasteiger partial charge is 0.0799 e. The van der Waals surface area contributed by atoms with E-state index in [1.807, 2.05) is 29.7 Å². The zero-order valence-electron chi connectivity index (χ0n) is 31.8. The van der Waals surface area contributed by atoms with E-state index in [9.17, 15) is 4.39 Å². The van der Waals surface area contributed by atoms with Gasteiger partial charge in [-0.1, -0.05) is 118 Å². The van der Waals surface area contributed by atoms with Gasteiger partial charge in [-0.15, -0.1) is 47.5 Å². The summed E-state index contributed by atoms with van der Waals surface area (Å²) in [4.78, 5) is 9.16. The van der Waals surface area contributed by atoms with Gasteiger partial charge in [0.2, 0.25) is 0 Å². The summed E-state index contributed by atoms with van der Waals surface area (Å²) in [7, 11) is -1.72. The molecule has 0 spiro atoms. The van der Waals surface area contributed by atoms with Crippen LogP contribution in [0.5, 0.6) is 0 Å². The molecule has 0 unspecified atom stereocenters. The monoisotopic (exact) mass is 847 g/mol. The number of halogens is 1. The third kappa shape index (κ3) is 7.43. The van der Waals surface area contributed by atoms with Crippen molar-refractivity contribution < 1.29 is 30.0 Å². The maximum atomic E-state index is 14.5. The fourth-order valence-corrected chi connectivity index (χ4v) is 8.55. The van der Waals surface area contributed by atoms with Gasteiger partial charge in [0.05, 0.1) is 8.07 Å². The van der Waals surface area contributed by atoms with E-state index in [1.165, 1.54) is 42.9 Å². The van der Waals surface area contributed by atoms with Gasteiger partial charge in [0.15, 0.2) is 0 Å². The van der Waals surface area contributed by atoms with Gasteiger partial charge in [0, 0.05) is 54.1 Å². The largest absolute Gasteiger partial charge is 0.305 e. The van der Waals surface area contributed by atoms with Crippen LogP contribution in [0, 0.1) is 31.7 Å². The van der Waals surface area contributed by atoms with Crippen LogP contribution in [0.4, 0.5) is 4.39 Å². The van der Waals surface area contributed by atoms with Gasteiger partial charge in [-0.2, -0.15) is 11.3 Å². The Morgan fingerprint density at radius 2 is 1.56 bits per heavy atom. The third-order valence-corrected chi connectivity index (χ3v) is 11.4. The Hall–Kier alpha value is -3.80. The van der Waals surface area contributed by atoms with E-state index in [0.29, 0.717) is 5.69 Å². The molecule has 7 rings (SSSR count). The van der Waals surface area contributed by atoms with Crippen molar-refractivity contribution in [2.24, 2.45) is 0 Å². The van der Waals surface area contributed by atoms with Crippen molar-refractivity contribution in [1.29, 1.82) is 0 Å². The minimum Gasteiger partial charge on any atom is -0.305 e. The van der Waals surface area contributed by atoms with Crippen LogP contribution in [-0.2, 0) is 20.1 Å². The molecular weight excluding hydrogens is 804 g/mol. The van der Waals surface area contributed by atoms with Crippen LogP contribution >= 0.6 is 11.3 Å². The number of benzene rings is 4. The van der Waals surface area contributed by atoms with E-state index in [-0.39, 0.29) is 31.2 Å². The van der Waals surface area contributed by atoms with Crippen molar-refractivity contribution in [3.63, 3.8) is 0 Å². The molecule has 6 heteroatoms. The number of aryl methyl sites for hydroxylation is 2. The Morgan fingerprint density at radius 3 is 2.25 bits per heavy atom. The van der Waals surface area contributed by atoms with Gasteiger partial charge < -0.3 is 9.97 Å². The van der Waals surface area contributed by atoms with Crippen LogP contribution in [0.25, 0.3) is 53.8 Å². The van der Waals surface area contributed by atoms with Crippen molar-refractivity contribution in [1.82, 2.24) is 9.97 Å². The van der Waals surface area contributed by atoms with Crippen molar-refractivity contribution in [2.75, 3.05) is 0 Å². The standard InChI is InChI=1S/C24H16NS.C18H23FNSi.Ir/c1-16-14-22(25-15-21(16)17-8-3-2-4-9-17)20-12-7-11-19-18-10-5-6-13-23(18)26-24(19)20;1-12(2)15-10-17(20-11-18(15)21(4,5)6)14-8-7-13(3)9-16(14)19;/h2-11,13-15H,1H3;7,9-12H,1-6H3;/q2*-1;/i;3D3,12D;. The zero-order chi connectivity index (χ0) is 36.7. The first-order valence-corrected chi connectivity index (χ1v) is 19.9. The average Bonchev–Trinajstić information content (AvgIpc) is 3.46. The molecule has 0 N–H and O–H groups in total. The molecule has 48 heavy (non-hydrogen) atoms. The van der Waals surface area contributed by atoms with Crippen LogP contribution < -0.4 is 5.19 Å². The molecule has 4 aromatic carbocycles. The number of nitrogens with zero attached hydrogens (tertiary/aromatic N) is 2. The maximum Gasteiger partial charge on any atom is 0.0799 e. The molecule has 0 bridgehead atoms. The predicted molar refractivity (Wildman–Crippen MR) is 202 cm³/mol. The van der Waals surface area contributed by atoms with Crippen molar-refractivity contribution in [3.8, 4) is 33.6 Å². The fraction of sp³-hybridized carbons (Fsp3) is 0.190. The van der Waals surface area contributed by atoms with E-state index in [0.717, 1.165) is 28.1 Å². The molecule has 2 nitrogen and oxygen atoms in total. The number of rotatable bonds is 5. The van der Waals surface area contributed by atoms with E-state index in [1.54, 1.807) is 26.1 Å². The SMILES string of the molecule is Cc1cc(-c2[c-]ccc3c2sc2ccccc23)ncc1-c1ccccc1.[2H]C([2H])([2H])c1c[c-]c(-c2cc(C([2H])(C)C)c([Si](C)(C)C)cn2)c(F)c1.[Ir]. The summed E-state index contributed by atoms with van der Waals surface area (Å²) in [5.41, 5.74) is 6.91. The molecule has 7 aromatic rings. The van der Waals surface area contributed by atoms with Crippen molar-refractivity contribution >= 4 is 44.8 Å². The van der Waals surface area contributed by atoms with E-state index >= 15 is 0 Å². The van der Waals surface area contributed by atoms with E-state index in [4.69, 9.17) is 10.5 Å². The van der Waals surface area contributed by atoms with Gasteiger partial charge in [-0.25, -0.2) is 0 Å². The van der Waals surface area contributed by atoms with Crippen LogP contribution in [0.3, 0.4) is 0 Å². The molecular formula is C42H39FIrN2SSi-2. The predicted octanol–water partition coefficient (Wildman–Crippen LogP) is 11.6. The number of hydrogen-bond acceptors (Lipinski definition) is 3. The molecule has 0 saturated carbocycles. The summed E-state index contributed by atoms with van der Waals surface area (Å²) in [5, 5.41) is 3.65. The topological polar surface area (TPSA) is 25.8 Å².